The molecule has 3 heterocycles. The number of fused-ring (bicyclic) bond motifs is 1. The van der Waals surface area contributed by atoms with E-state index in [2.05, 4.69) is 4.99 Å². The topological polar surface area (TPSA) is 109 Å². The molecule has 42 heavy (non-hydrogen) atoms. The van der Waals surface area contributed by atoms with Crippen molar-refractivity contribution in [1.82, 2.24) is 4.57 Å². The molecule has 4 aromatic rings. The number of hydrogen-bond donors (Lipinski definition) is 0. The number of allylic oxidation sites excluding steroid dienone is 1. The van der Waals surface area contributed by atoms with E-state index >= 15 is 0 Å². The summed E-state index contributed by atoms with van der Waals surface area (Å²) in [5, 5.41) is 0.975. The average molecular weight is 628 g/mol. The van der Waals surface area contributed by atoms with E-state index in [0.717, 1.165) is 11.3 Å². The Balaban J connectivity index is 1.65. The van der Waals surface area contributed by atoms with Gasteiger partial charge in [0.2, 0.25) is 0 Å². The third kappa shape index (κ3) is 5.65. The maximum atomic E-state index is 13.9. The highest BCUT2D eigenvalue weighted by Gasteiger charge is 2.34. The molecule has 2 aromatic carbocycles. The van der Waals surface area contributed by atoms with Crippen LogP contribution >= 0.6 is 34.5 Å². The Labute approximate surface area is 253 Å². The number of thiazole rings is 1. The molecule has 0 amide bonds. The molecule has 1 aliphatic rings. The lowest BCUT2D eigenvalue weighted by Crippen LogP contribution is -2.39. The molecular formula is C30H24Cl2N2O7S. The summed E-state index contributed by atoms with van der Waals surface area (Å²) in [6.45, 7) is 4.80. The zero-order chi connectivity index (χ0) is 30.1. The number of rotatable bonds is 7. The van der Waals surface area contributed by atoms with Gasteiger partial charge in [0.25, 0.3) is 5.56 Å². The Morgan fingerprint density at radius 1 is 1.12 bits per heavy atom. The van der Waals surface area contributed by atoms with Crippen molar-refractivity contribution in [2.75, 3.05) is 13.7 Å². The molecule has 0 unspecified atom stereocenters. The molecule has 0 bridgehead atoms. The molecule has 0 saturated carbocycles. The first-order valence-corrected chi connectivity index (χ1v) is 14.3. The van der Waals surface area contributed by atoms with Gasteiger partial charge in [0.15, 0.2) is 16.3 Å². The summed E-state index contributed by atoms with van der Waals surface area (Å²) in [7, 11) is 1.43. The number of hydrogen-bond acceptors (Lipinski definition) is 9. The van der Waals surface area contributed by atoms with Crippen LogP contribution in [0.1, 0.15) is 38.1 Å². The lowest BCUT2D eigenvalue weighted by molar-refractivity contribution is -0.139. The van der Waals surface area contributed by atoms with Gasteiger partial charge in [-0.25, -0.2) is 9.79 Å². The minimum absolute atomic E-state index is 0.138. The molecule has 1 aliphatic heterocycles. The second-order valence-electron chi connectivity index (χ2n) is 9.13. The van der Waals surface area contributed by atoms with Crippen LogP contribution in [0.5, 0.6) is 11.5 Å². The Hall–Kier alpha value is -4.12. The highest BCUT2D eigenvalue weighted by molar-refractivity contribution is 7.07. The summed E-state index contributed by atoms with van der Waals surface area (Å²) in [5.41, 5.74) is 1.37. The maximum Gasteiger partial charge on any atom is 0.338 e. The van der Waals surface area contributed by atoms with Crippen LogP contribution < -0.4 is 24.4 Å². The van der Waals surface area contributed by atoms with Gasteiger partial charge in [-0.3, -0.25) is 14.2 Å². The van der Waals surface area contributed by atoms with E-state index in [4.69, 9.17) is 41.8 Å². The molecule has 0 N–H and O–H groups in total. The summed E-state index contributed by atoms with van der Waals surface area (Å²) in [5.74, 6) is 0.237. The van der Waals surface area contributed by atoms with Crippen molar-refractivity contribution in [3.63, 3.8) is 0 Å². The monoisotopic (exact) mass is 626 g/mol. The molecule has 9 nitrogen and oxygen atoms in total. The van der Waals surface area contributed by atoms with Crippen LogP contribution in [0.15, 0.2) is 74.0 Å². The number of benzene rings is 2. The summed E-state index contributed by atoms with van der Waals surface area (Å²) >= 11 is 13.6. The van der Waals surface area contributed by atoms with Gasteiger partial charge >= 0.3 is 11.9 Å². The SMILES string of the molecule is CCOC(=O)C1=C(C)N=c2s/c(=C/c3ccc(-c4cc(Cl)ccc4Cl)o3)c(=O)n2[C@H]1c1ccc(OC(C)=O)c(OC)c1. The molecule has 0 aliphatic carbocycles. The lowest BCUT2D eigenvalue weighted by Gasteiger charge is -2.25. The van der Waals surface area contributed by atoms with Crippen molar-refractivity contribution in [2.24, 2.45) is 4.99 Å². The second-order valence-corrected chi connectivity index (χ2v) is 11.0. The number of ether oxygens (including phenoxy) is 3. The molecular weight excluding hydrogens is 603 g/mol. The van der Waals surface area contributed by atoms with Crippen LogP contribution in [0.4, 0.5) is 0 Å². The van der Waals surface area contributed by atoms with Crippen molar-refractivity contribution in [1.29, 1.82) is 0 Å². The van der Waals surface area contributed by atoms with Gasteiger partial charge < -0.3 is 18.6 Å². The minimum atomic E-state index is -0.889. The van der Waals surface area contributed by atoms with Crippen LogP contribution in [0.3, 0.4) is 0 Å². The van der Waals surface area contributed by atoms with Gasteiger partial charge in [-0.1, -0.05) is 40.6 Å². The van der Waals surface area contributed by atoms with Crippen molar-refractivity contribution < 1.29 is 28.2 Å². The molecule has 1 atom stereocenters. The van der Waals surface area contributed by atoms with E-state index in [1.807, 2.05) is 0 Å². The summed E-state index contributed by atoms with van der Waals surface area (Å²) in [6, 6.07) is 12.5. The number of methoxy groups -OCH3 is 1. The number of nitrogens with zero attached hydrogens (tertiary/aromatic N) is 2. The normalized spacial score (nSPS) is 14.8. The van der Waals surface area contributed by atoms with E-state index in [1.165, 1.54) is 18.6 Å². The van der Waals surface area contributed by atoms with E-state index in [-0.39, 0.29) is 29.2 Å². The van der Waals surface area contributed by atoms with Crippen molar-refractivity contribution in [3.8, 4) is 22.8 Å². The number of carbonyl (C=O) groups excluding carboxylic acids is 2. The Morgan fingerprint density at radius 2 is 1.90 bits per heavy atom. The number of esters is 2. The van der Waals surface area contributed by atoms with Gasteiger partial charge in [-0.05, 0) is 61.9 Å². The predicted molar refractivity (Wildman–Crippen MR) is 159 cm³/mol. The maximum absolute atomic E-state index is 13.9. The average Bonchev–Trinajstić information content (AvgIpc) is 3.53. The van der Waals surface area contributed by atoms with E-state index in [1.54, 1.807) is 68.5 Å². The summed E-state index contributed by atoms with van der Waals surface area (Å²) in [6.07, 6.45) is 1.61. The van der Waals surface area contributed by atoms with E-state index in [0.29, 0.717) is 47.7 Å². The van der Waals surface area contributed by atoms with Crippen LogP contribution in [0, 0.1) is 0 Å². The summed E-state index contributed by atoms with van der Waals surface area (Å²) < 4.78 is 23.8. The lowest BCUT2D eigenvalue weighted by atomic mass is 9.95. The fourth-order valence-corrected chi connectivity index (χ4v) is 6.00. The molecule has 5 rings (SSSR count). The zero-order valence-electron chi connectivity index (χ0n) is 22.9. The van der Waals surface area contributed by atoms with E-state index < -0.39 is 18.0 Å². The van der Waals surface area contributed by atoms with Gasteiger partial charge in [-0.2, -0.15) is 0 Å². The minimum Gasteiger partial charge on any atom is -0.493 e. The zero-order valence-corrected chi connectivity index (χ0v) is 25.2. The van der Waals surface area contributed by atoms with Crippen molar-refractivity contribution >= 4 is 52.6 Å². The molecule has 0 saturated heterocycles. The largest absolute Gasteiger partial charge is 0.493 e. The van der Waals surface area contributed by atoms with Crippen LogP contribution in [-0.2, 0) is 14.3 Å². The Kier molecular flexibility index (Phi) is 8.40. The molecule has 2 aromatic heterocycles. The first-order valence-electron chi connectivity index (χ1n) is 12.7. The van der Waals surface area contributed by atoms with Gasteiger partial charge in [0, 0.05) is 23.6 Å². The van der Waals surface area contributed by atoms with Gasteiger partial charge in [0.1, 0.15) is 11.5 Å². The standard InChI is InChI=1S/C30H24Cl2N2O7S/c1-5-39-29(37)26-15(2)33-30-34(27(26)17-6-10-23(40-16(3)35)24(12-17)38-4)28(36)25(42-30)14-19-8-11-22(41-19)20-13-18(31)7-9-21(20)32/h6-14,27H,5H2,1-4H3/b25-14+/t27-/m0/s1. The third-order valence-corrected chi connectivity index (χ3v) is 7.92. The molecule has 0 fully saturated rings. The highest BCUT2D eigenvalue weighted by Crippen LogP contribution is 2.36. The van der Waals surface area contributed by atoms with Crippen molar-refractivity contribution in [2.45, 2.75) is 26.8 Å². The van der Waals surface area contributed by atoms with Crippen LogP contribution in [-0.4, -0.2) is 30.2 Å². The molecule has 216 valence electrons. The van der Waals surface area contributed by atoms with E-state index in [9.17, 15) is 14.4 Å². The summed E-state index contributed by atoms with van der Waals surface area (Å²) in [4.78, 5) is 43.6. The first kappa shape index (κ1) is 29.4. The smallest absolute Gasteiger partial charge is 0.338 e. The Morgan fingerprint density at radius 3 is 2.62 bits per heavy atom. The molecule has 0 radical (unpaired) electrons. The van der Waals surface area contributed by atoms with Crippen molar-refractivity contribution in [3.05, 3.63) is 101 Å². The first-order chi connectivity index (χ1) is 20.1. The third-order valence-electron chi connectivity index (χ3n) is 6.37. The second kappa shape index (κ2) is 12.0. The van der Waals surface area contributed by atoms with Crippen LogP contribution in [0.25, 0.3) is 17.4 Å². The molecule has 0 spiro atoms. The van der Waals surface area contributed by atoms with Crippen LogP contribution in [0.2, 0.25) is 10.0 Å². The fraction of sp³-hybridized carbons (Fsp3) is 0.200. The fourth-order valence-electron chi connectivity index (χ4n) is 4.59. The molecule has 12 heteroatoms. The number of carbonyl (C=O) groups is 2. The quantitative estimate of drug-likeness (QED) is 0.202. The Bertz CT molecular complexity index is 1940. The predicted octanol–water partition coefficient (Wildman–Crippen LogP) is 5.30. The van der Waals surface area contributed by atoms with Gasteiger partial charge in [-0.15, -0.1) is 0 Å². The highest BCUT2D eigenvalue weighted by atomic mass is 35.5. The van der Waals surface area contributed by atoms with Gasteiger partial charge in [0.05, 0.1) is 40.6 Å². The number of furan rings is 1. The number of halogens is 2. The number of aromatic nitrogens is 1.